The molecule has 0 amide bonds. The van der Waals surface area contributed by atoms with E-state index in [-0.39, 0.29) is 0 Å². The highest BCUT2D eigenvalue weighted by Gasteiger charge is 2.17. The minimum absolute atomic E-state index is 0.557. The van der Waals surface area contributed by atoms with Crippen LogP contribution in [0.4, 0.5) is 5.82 Å². The van der Waals surface area contributed by atoms with Gasteiger partial charge in [0, 0.05) is 17.6 Å². The van der Waals surface area contributed by atoms with Gasteiger partial charge in [0.2, 0.25) is 0 Å². The zero-order chi connectivity index (χ0) is 12.6. The Morgan fingerprint density at radius 2 is 2.18 bits per heavy atom. The van der Waals surface area contributed by atoms with E-state index in [4.69, 9.17) is 22.1 Å². The fourth-order valence-electron chi connectivity index (χ4n) is 1.55. The van der Waals surface area contributed by atoms with Crippen molar-refractivity contribution >= 4 is 33.3 Å². The van der Waals surface area contributed by atoms with Crippen LogP contribution < -0.4 is 10.5 Å². The second-order valence-corrected chi connectivity index (χ2v) is 4.75. The number of halogens is 2. The molecule has 2 N–H and O–H groups in total. The Balaban J connectivity index is 2.67. The highest BCUT2D eigenvalue weighted by molar-refractivity contribution is 9.10. The number of aryl methyl sites for hydroxylation is 1. The highest BCUT2D eigenvalue weighted by Crippen LogP contribution is 2.38. The summed E-state index contributed by atoms with van der Waals surface area (Å²) >= 11 is 9.40. The Morgan fingerprint density at radius 3 is 2.71 bits per heavy atom. The maximum absolute atomic E-state index is 5.99. The van der Waals surface area contributed by atoms with Crippen LogP contribution in [0.5, 0.6) is 5.75 Å². The van der Waals surface area contributed by atoms with Gasteiger partial charge in [-0.3, -0.25) is 4.68 Å². The third kappa shape index (κ3) is 2.12. The normalized spacial score (nSPS) is 10.6. The Labute approximate surface area is 112 Å². The van der Waals surface area contributed by atoms with Crippen LogP contribution in [0.15, 0.2) is 22.7 Å². The van der Waals surface area contributed by atoms with Gasteiger partial charge in [-0.15, -0.1) is 0 Å². The van der Waals surface area contributed by atoms with Crippen molar-refractivity contribution in [3.05, 3.63) is 27.7 Å². The molecule has 0 unspecified atom stereocenters. The molecule has 0 fully saturated rings. The second-order valence-electron chi connectivity index (χ2n) is 3.52. The van der Waals surface area contributed by atoms with E-state index in [0.717, 1.165) is 10.0 Å². The lowest BCUT2D eigenvalue weighted by molar-refractivity contribution is 0.416. The predicted octanol–water partition coefficient (Wildman–Crippen LogP) is 3.09. The molecular weight excluding hydrogens is 305 g/mol. The number of aromatic nitrogens is 2. The molecule has 0 bridgehead atoms. The average molecular weight is 317 g/mol. The van der Waals surface area contributed by atoms with E-state index in [1.54, 1.807) is 37.0 Å². The van der Waals surface area contributed by atoms with Crippen molar-refractivity contribution < 1.29 is 4.74 Å². The molecule has 0 spiro atoms. The van der Waals surface area contributed by atoms with Crippen LogP contribution in [0.2, 0.25) is 5.02 Å². The molecule has 1 heterocycles. The van der Waals surface area contributed by atoms with Crippen molar-refractivity contribution in [2.24, 2.45) is 7.05 Å². The molecule has 0 aliphatic rings. The number of nitrogen functional groups attached to an aromatic ring is 1. The van der Waals surface area contributed by atoms with Crippen LogP contribution in [-0.2, 0) is 7.05 Å². The van der Waals surface area contributed by atoms with Gasteiger partial charge in [-0.1, -0.05) is 11.6 Å². The van der Waals surface area contributed by atoms with E-state index in [1.807, 2.05) is 0 Å². The third-order valence-corrected chi connectivity index (χ3v) is 3.46. The average Bonchev–Trinajstić information content (AvgIpc) is 2.57. The largest absolute Gasteiger partial charge is 0.496 e. The van der Waals surface area contributed by atoms with Crippen LogP contribution >= 0.6 is 27.5 Å². The summed E-state index contributed by atoms with van der Waals surface area (Å²) in [5.74, 6) is 1.26. The monoisotopic (exact) mass is 315 g/mol. The predicted molar refractivity (Wildman–Crippen MR) is 72.3 cm³/mol. The maximum atomic E-state index is 5.99. The van der Waals surface area contributed by atoms with E-state index in [0.29, 0.717) is 22.3 Å². The molecule has 2 rings (SSSR count). The summed E-state index contributed by atoms with van der Waals surface area (Å²) < 4.78 is 7.62. The molecular formula is C11H11BrClN3O. The lowest BCUT2D eigenvalue weighted by atomic mass is 10.1. The van der Waals surface area contributed by atoms with Gasteiger partial charge in [-0.05, 0) is 34.1 Å². The van der Waals surface area contributed by atoms with Crippen molar-refractivity contribution in [3.63, 3.8) is 0 Å². The number of anilines is 1. The zero-order valence-corrected chi connectivity index (χ0v) is 11.7. The van der Waals surface area contributed by atoms with Crippen LogP contribution in [0.25, 0.3) is 11.3 Å². The summed E-state index contributed by atoms with van der Waals surface area (Å²) in [7, 11) is 3.38. The molecule has 0 aliphatic carbocycles. The van der Waals surface area contributed by atoms with Crippen LogP contribution in [0.3, 0.4) is 0 Å². The molecule has 2 aromatic rings. The number of nitrogens with zero attached hydrogens (tertiary/aromatic N) is 2. The van der Waals surface area contributed by atoms with E-state index in [9.17, 15) is 0 Å². The number of methoxy groups -OCH3 is 1. The first-order valence-corrected chi connectivity index (χ1v) is 6.03. The molecule has 1 aromatic carbocycles. The summed E-state index contributed by atoms with van der Waals surface area (Å²) in [6.45, 7) is 0. The third-order valence-electron chi connectivity index (χ3n) is 2.45. The molecule has 0 aliphatic heterocycles. The van der Waals surface area contributed by atoms with Gasteiger partial charge in [0.05, 0.1) is 11.6 Å². The van der Waals surface area contributed by atoms with Crippen molar-refractivity contribution in [1.29, 1.82) is 0 Å². The molecule has 90 valence electrons. The fraction of sp³-hybridized carbons (Fsp3) is 0.182. The Bertz CT molecular complexity index is 568. The first kappa shape index (κ1) is 12.3. The number of benzene rings is 1. The molecule has 0 atom stereocenters. The second kappa shape index (κ2) is 4.58. The van der Waals surface area contributed by atoms with E-state index in [2.05, 4.69) is 21.0 Å². The van der Waals surface area contributed by atoms with Gasteiger partial charge in [0.25, 0.3) is 0 Å². The number of nitrogens with two attached hydrogens (primary N) is 1. The smallest absolute Gasteiger partial charge is 0.136 e. The van der Waals surface area contributed by atoms with Gasteiger partial charge in [-0.25, -0.2) is 0 Å². The molecule has 4 nitrogen and oxygen atoms in total. The first-order valence-electron chi connectivity index (χ1n) is 4.86. The Morgan fingerprint density at radius 1 is 1.47 bits per heavy atom. The molecule has 1 aromatic heterocycles. The van der Waals surface area contributed by atoms with Crippen LogP contribution in [-0.4, -0.2) is 16.9 Å². The van der Waals surface area contributed by atoms with E-state index in [1.165, 1.54) is 0 Å². The molecule has 0 radical (unpaired) electrons. The van der Waals surface area contributed by atoms with E-state index >= 15 is 0 Å². The number of ether oxygens (including phenoxy) is 1. The summed E-state index contributed by atoms with van der Waals surface area (Å²) in [6, 6.07) is 5.37. The van der Waals surface area contributed by atoms with Crippen LogP contribution in [0, 0.1) is 0 Å². The lowest BCUT2D eigenvalue weighted by Crippen LogP contribution is -1.97. The minimum atomic E-state index is 0.557. The maximum Gasteiger partial charge on any atom is 0.136 e. The Hall–Kier alpha value is -1.20. The number of hydrogen-bond acceptors (Lipinski definition) is 3. The summed E-state index contributed by atoms with van der Waals surface area (Å²) in [5, 5.41) is 4.96. The van der Waals surface area contributed by atoms with E-state index < -0.39 is 0 Å². The standard InChI is InChI=1S/C11H11BrClN3O/c1-16-11(14)9(12)10(15-16)7-5-6(13)3-4-8(7)17-2/h3-5H,14H2,1-2H3. The highest BCUT2D eigenvalue weighted by atomic mass is 79.9. The van der Waals surface area contributed by atoms with Crippen LogP contribution in [0.1, 0.15) is 0 Å². The first-order chi connectivity index (χ1) is 8.04. The van der Waals surface area contributed by atoms with Gasteiger partial charge in [0.1, 0.15) is 17.3 Å². The SMILES string of the molecule is COc1ccc(Cl)cc1-c1nn(C)c(N)c1Br. The van der Waals surface area contributed by atoms with Crippen molar-refractivity contribution in [2.75, 3.05) is 12.8 Å². The minimum Gasteiger partial charge on any atom is -0.496 e. The van der Waals surface area contributed by atoms with Crippen molar-refractivity contribution in [2.45, 2.75) is 0 Å². The summed E-state index contributed by atoms with van der Waals surface area (Å²) in [6.07, 6.45) is 0. The molecule has 0 saturated carbocycles. The topological polar surface area (TPSA) is 53.1 Å². The quantitative estimate of drug-likeness (QED) is 0.926. The van der Waals surface area contributed by atoms with Crippen molar-refractivity contribution in [3.8, 4) is 17.0 Å². The van der Waals surface area contributed by atoms with Gasteiger partial charge >= 0.3 is 0 Å². The number of rotatable bonds is 2. The molecule has 17 heavy (non-hydrogen) atoms. The van der Waals surface area contributed by atoms with Crippen molar-refractivity contribution in [1.82, 2.24) is 9.78 Å². The van der Waals surface area contributed by atoms with Gasteiger partial charge in [-0.2, -0.15) is 5.10 Å². The molecule has 0 saturated heterocycles. The van der Waals surface area contributed by atoms with Gasteiger partial charge < -0.3 is 10.5 Å². The zero-order valence-electron chi connectivity index (χ0n) is 9.37. The van der Waals surface area contributed by atoms with Gasteiger partial charge in [0.15, 0.2) is 0 Å². The summed E-state index contributed by atoms with van der Waals surface area (Å²) in [5.41, 5.74) is 7.37. The lowest BCUT2D eigenvalue weighted by Gasteiger charge is -2.06. The fourth-order valence-corrected chi connectivity index (χ4v) is 2.27. The number of hydrogen-bond donors (Lipinski definition) is 1. The summed E-state index contributed by atoms with van der Waals surface area (Å²) in [4.78, 5) is 0. The molecule has 6 heteroatoms. The Kier molecular flexibility index (Phi) is 3.31.